The maximum Gasteiger partial charge on any atom is 0.265 e. The van der Waals surface area contributed by atoms with Gasteiger partial charge >= 0.3 is 0 Å². The Bertz CT molecular complexity index is 994. The van der Waals surface area contributed by atoms with E-state index >= 15 is 0 Å². The van der Waals surface area contributed by atoms with Gasteiger partial charge in [0.1, 0.15) is 10.8 Å². The van der Waals surface area contributed by atoms with E-state index < -0.39 is 6.10 Å². The van der Waals surface area contributed by atoms with Crippen LogP contribution >= 0.6 is 11.3 Å². The summed E-state index contributed by atoms with van der Waals surface area (Å²) in [5.41, 5.74) is 3.85. The molecule has 1 aromatic carbocycles. The molecule has 4 rings (SSSR count). The van der Waals surface area contributed by atoms with Gasteiger partial charge in [-0.05, 0) is 82.1 Å². The van der Waals surface area contributed by atoms with Crippen molar-refractivity contribution in [3.05, 3.63) is 45.3 Å². The highest BCUT2D eigenvalue weighted by molar-refractivity contribution is 7.17. The largest absolute Gasteiger partial charge is 0.481 e. The van der Waals surface area contributed by atoms with E-state index in [0.717, 1.165) is 61.8 Å². The first-order chi connectivity index (χ1) is 15.4. The Labute approximate surface area is 193 Å². The fourth-order valence-corrected chi connectivity index (χ4v) is 5.59. The van der Waals surface area contributed by atoms with Crippen LogP contribution in [0.3, 0.4) is 0 Å². The van der Waals surface area contributed by atoms with Crippen LogP contribution in [0.5, 0.6) is 5.75 Å². The third-order valence-electron chi connectivity index (χ3n) is 6.38. The van der Waals surface area contributed by atoms with E-state index in [1.165, 1.54) is 16.2 Å². The molecule has 1 saturated heterocycles. The van der Waals surface area contributed by atoms with Gasteiger partial charge in [-0.2, -0.15) is 0 Å². The average Bonchev–Trinajstić information content (AvgIpc) is 3.42. The molecule has 0 bridgehead atoms. The molecule has 1 fully saturated rings. The van der Waals surface area contributed by atoms with Gasteiger partial charge in [0.05, 0.1) is 11.7 Å². The molecule has 2 heterocycles. The first-order valence-corrected chi connectivity index (χ1v) is 12.3. The lowest BCUT2D eigenvalue weighted by atomic mass is 9.95. The van der Waals surface area contributed by atoms with E-state index in [9.17, 15) is 9.59 Å². The number of fused-ring (bicyclic) bond motifs is 1. The van der Waals surface area contributed by atoms with Crippen molar-refractivity contribution >= 4 is 28.2 Å². The highest BCUT2D eigenvalue weighted by Crippen LogP contribution is 2.38. The lowest BCUT2D eigenvalue weighted by Crippen LogP contribution is -2.34. The lowest BCUT2D eigenvalue weighted by Gasteiger charge is -2.18. The maximum atomic E-state index is 13.1. The number of amides is 2. The second kappa shape index (κ2) is 10.0. The molecule has 1 aromatic heterocycles. The molecule has 2 aromatic rings. The van der Waals surface area contributed by atoms with Gasteiger partial charge in [0, 0.05) is 18.0 Å². The normalized spacial score (nSPS) is 18.7. The Kier molecular flexibility index (Phi) is 7.16. The molecule has 0 saturated carbocycles. The number of thiophene rings is 1. The minimum atomic E-state index is -0.683. The van der Waals surface area contributed by atoms with Gasteiger partial charge < -0.3 is 20.1 Å². The summed E-state index contributed by atoms with van der Waals surface area (Å²) in [6, 6.07) is 5.82. The van der Waals surface area contributed by atoms with Crippen molar-refractivity contribution in [2.45, 2.75) is 71.5 Å². The van der Waals surface area contributed by atoms with Crippen molar-refractivity contribution in [3.63, 3.8) is 0 Å². The molecule has 172 valence electrons. The number of ether oxygens (including phenoxy) is 2. The standard InChI is InChI=1S/C25H32N2O4S/c1-15-8-6-11-20(16(15)2)31-17(3)23(28)27-25-22(19-10-4-5-12-21(19)32-25)24(29)26-14-18-9-7-13-30-18/h6,8,11,17-18H,4-5,7,9-10,12-14H2,1-3H3,(H,26,29)(H,27,28)/t17-,18+/m0/s1. The Morgan fingerprint density at radius 2 is 2.03 bits per heavy atom. The maximum absolute atomic E-state index is 13.1. The Morgan fingerprint density at radius 1 is 1.22 bits per heavy atom. The second-order valence-electron chi connectivity index (χ2n) is 8.71. The minimum Gasteiger partial charge on any atom is -0.481 e. The van der Waals surface area contributed by atoms with Crippen LogP contribution in [0.25, 0.3) is 0 Å². The molecular formula is C25H32N2O4S. The molecule has 2 amide bonds. The average molecular weight is 457 g/mol. The molecule has 0 spiro atoms. The van der Waals surface area contributed by atoms with Gasteiger partial charge in [0.25, 0.3) is 11.8 Å². The Hall–Kier alpha value is -2.38. The molecule has 1 aliphatic heterocycles. The summed E-state index contributed by atoms with van der Waals surface area (Å²) >= 11 is 1.53. The van der Waals surface area contributed by atoms with Crippen molar-refractivity contribution in [2.75, 3.05) is 18.5 Å². The number of anilines is 1. The number of aryl methyl sites for hydroxylation is 2. The number of hydrogen-bond acceptors (Lipinski definition) is 5. The number of hydrogen-bond donors (Lipinski definition) is 2. The molecule has 1 aliphatic carbocycles. The zero-order chi connectivity index (χ0) is 22.7. The quantitative estimate of drug-likeness (QED) is 0.640. The molecule has 7 heteroatoms. The number of nitrogens with one attached hydrogen (secondary N) is 2. The minimum absolute atomic E-state index is 0.0810. The van der Waals surface area contributed by atoms with Gasteiger partial charge in [-0.15, -0.1) is 11.3 Å². The van der Waals surface area contributed by atoms with Gasteiger partial charge in [0.2, 0.25) is 0 Å². The predicted molar refractivity (Wildman–Crippen MR) is 127 cm³/mol. The summed E-state index contributed by atoms with van der Waals surface area (Å²) < 4.78 is 11.6. The molecule has 2 aliphatic rings. The van der Waals surface area contributed by atoms with E-state index in [1.807, 2.05) is 32.0 Å². The first-order valence-electron chi connectivity index (χ1n) is 11.5. The monoisotopic (exact) mass is 456 g/mol. The lowest BCUT2D eigenvalue weighted by molar-refractivity contribution is -0.122. The van der Waals surface area contributed by atoms with E-state index in [2.05, 4.69) is 10.6 Å². The van der Waals surface area contributed by atoms with Crippen LogP contribution in [0, 0.1) is 13.8 Å². The van der Waals surface area contributed by atoms with Crippen LogP contribution < -0.4 is 15.4 Å². The Balaban J connectivity index is 1.49. The van der Waals surface area contributed by atoms with E-state index in [4.69, 9.17) is 9.47 Å². The van der Waals surface area contributed by atoms with Crippen LogP contribution in [0.2, 0.25) is 0 Å². The molecule has 2 atom stereocenters. The molecule has 6 nitrogen and oxygen atoms in total. The van der Waals surface area contributed by atoms with Crippen LogP contribution in [0.1, 0.15) is 64.5 Å². The summed E-state index contributed by atoms with van der Waals surface area (Å²) in [7, 11) is 0. The summed E-state index contributed by atoms with van der Waals surface area (Å²) in [6.45, 7) is 7.00. The smallest absolute Gasteiger partial charge is 0.265 e. The third kappa shape index (κ3) is 4.99. The highest BCUT2D eigenvalue weighted by Gasteiger charge is 2.28. The summed E-state index contributed by atoms with van der Waals surface area (Å²) in [5, 5.41) is 6.65. The topological polar surface area (TPSA) is 76.7 Å². The molecule has 0 unspecified atom stereocenters. The van der Waals surface area contributed by atoms with Crippen LogP contribution in [0.4, 0.5) is 5.00 Å². The van der Waals surface area contributed by atoms with E-state index in [1.54, 1.807) is 6.92 Å². The van der Waals surface area contributed by atoms with Gasteiger partial charge in [-0.25, -0.2) is 0 Å². The third-order valence-corrected chi connectivity index (χ3v) is 7.58. The SMILES string of the molecule is Cc1cccc(O[C@@H](C)C(=O)Nc2sc3c(c2C(=O)NC[C@H]2CCCO2)CCCC3)c1C. The molecule has 32 heavy (non-hydrogen) atoms. The number of benzene rings is 1. The number of carbonyl (C=O) groups excluding carboxylic acids is 2. The fraction of sp³-hybridized carbons (Fsp3) is 0.520. The van der Waals surface area contributed by atoms with Gasteiger partial charge in [-0.3, -0.25) is 9.59 Å². The zero-order valence-electron chi connectivity index (χ0n) is 19.1. The van der Waals surface area contributed by atoms with Crippen molar-refractivity contribution < 1.29 is 19.1 Å². The van der Waals surface area contributed by atoms with Crippen LogP contribution in [-0.4, -0.2) is 37.2 Å². The van der Waals surface area contributed by atoms with Crippen molar-refractivity contribution in [2.24, 2.45) is 0 Å². The molecule has 0 radical (unpaired) electrons. The zero-order valence-corrected chi connectivity index (χ0v) is 19.9. The predicted octanol–water partition coefficient (Wildman–Crippen LogP) is 4.56. The Morgan fingerprint density at radius 3 is 2.81 bits per heavy atom. The fourth-order valence-electron chi connectivity index (χ4n) is 4.30. The molecule has 2 N–H and O–H groups in total. The van der Waals surface area contributed by atoms with E-state index in [-0.39, 0.29) is 17.9 Å². The van der Waals surface area contributed by atoms with Crippen molar-refractivity contribution in [1.29, 1.82) is 0 Å². The molecular weight excluding hydrogens is 424 g/mol. The second-order valence-corrected chi connectivity index (χ2v) is 9.81. The first kappa shape index (κ1) is 22.8. The van der Waals surface area contributed by atoms with Crippen molar-refractivity contribution in [3.8, 4) is 5.75 Å². The van der Waals surface area contributed by atoms with Gasteiger partial charge in [0.15, 0.2) is 6.10 Å². The van der Waals surface area contributed by atoms with Crippen LogP contribution in [0.15, 0.2) is 18.2 Å². The highest BCUT2D eigenvalue weighted by atomic mass is 32.1. The van der Waals surface area contributed by atoms with Crippen LogP contribution in [-0.2, 0) is 22.4 Å². The summed E-state index contributed by atoms with van der Waals surface area (Å²) in [6.07, 6.45) is 5.41. The summed E-state index contributed by atoms with van der Waals surface area (Å²) in [4.78, 5) is 27.3. The van der Waals surface area contributed by atoms with E-state index in [0.29, 0.717) is 22.9 Å². The number of rotatable bonds is 7. The number of carbonyl (C=O) groups is 2. The van der Waals surface area contributed by atoms with Gasteiger partial charge in [-0.1, -0.05) is 12.1 Å². The van der Waals surface area contributed by atoms with Crippen molar-refractivity contribution in [1.82, 2.24) is 5.32 Å². The summed E-state index contributed by atoms with van der Waals surface area (Å²) in [5.74, 6) is 0.323.